The van der Waals surface area contributed by atoms with Gasteiger partial charge >= 0.3 is 0 Å². The first-order valence-corrected chi connectivity index (χ1v) is 10.3. The summed E-state index contributed by atoms with van der Waals surface area (Å²) in [7, 11) is 0. The highest BCUT2D eigenvalue weighted by molar-refractivity contribution is 5.88. The van der Waals surface area contributed by atoms with Gasteiger partial charge in [0.25, 0.3) is 0 Å². The van der Waals surface area contributed by atoms with Gasteiger partial charge in [-0.1, -0.05) is 62.2 Å². The van der Waals surface area contributed by atoms with Crippen LogP contribution in [0.3, 0.4) is 0 Å². The van der Waals surface area contributed by atoms with Gasteiger partial charge < -0.3 is 10.2 Å². The molecule has 2 rings (SSSR count). The van der Waals surface area contributed by atoms with Crippen molar-refractivity contribution in [2.45, 2.75) is 59.0 Å². The largest absolute Gasteiger partial charge is 0.354 e. The maximum absolute atomic E-state index is 13.2. The van der Waals surface area contributed by atoms with E-state index in [2.05, 4.69) is 12.2 Å². The van der Waals surface area contributed by atoms with Gasteiger partial charge in [0.1, 0.15) is 11.9 Å². The molecule has 0 unspecified atom stereocenters. The summed E-state index contributed by atoms with van der Waals surface area (Å²) in [4.78, 5) is 27.6. The fraction of sp³-hybridized carbons (Fsp3) is 0.417. The van der Waals surface area contributed by atoms with Gasteiger partial charge in [-0.05, 0) is 43.0 Å². The molecule has 0 aliphatic heterocycles. The SMILES string of the molecule is CCCCNC(=O)[C@H](CC)N(Cc1cccc(C)c1)C(=O)Cc1ccc(F)cc1. The molecule has 0 saturated heterocycles. The smallest absolute Gasteiger partial charge is 0.242 e. The molecule has 0 aromatic heterocycles. The Morgan fingerprint density at radius 2 is 1.79 bits per heavy atom. The zero-order valence-electron chi connectivity index (χ0n) is 17.6. The second-order valence-electron chi connectivity index (χ2n) is 7.38. The zero-order chi connectivity index (χ0) is 21.2. The molecule has 0 heterocycles. The van der Waals surface area contributed by atoms with Gasteiger partial charge in [0.05, 0.1) is 6.42 Å². The van der Waals surface area contributed by atoms with E-state index in [1.54, 1.807) is 17.0 Å². The van der Waals surface area contributed by atoms with Crippen LogP contribution < -0.4 is 5.32 Å². The molecule has 0 radical (unpaired) electrons. The standard InChI is InChI=1S/C24H31FN2O2/c1-4-6-14-26-24(29)22(5-2)27(17-20-9-7-8-18(3)15-20)23(28)16-19-10-12-21(25)13-11-19/h7-13,15,22H,4-6,14,16-17H2,1-3H3,(H,26,29)/t22-/m0/s1. The van der Waals surface area contributed by atoms with Gasteiger partial charge in [-0.15, -0.1) is 0 Å². The average Bonchev–Trinajstić information content (AvgIpc) is 2.70. The van der Waals surface area contributed by atoms with Crippen molar-refractivity contribution < 1.29 is 14.0 Å². The Morgan fingerprint density at radius 1 is 1.07 bits per heavy atom. The predicted octanol–water partition coefficient (Wildman–Crippen LogP) is 4.40. The van der Waals surface area contributed by atoms with Crippen molar-refractivity contribution in [2.24, 2.45) is 0 Å². The molecule has 5 heteroatoms. The van der Waals surface area contributed by atoms with E-state index >= 15 is 0 Å². The van der Waals surface area contributed by atoms with Crippen molar-refractivity contribution in [2.75, 3.05) is 6.54 Å². The van der Waals surface area contributed by atoms with Gasteiger partial charge in [0.2, 0.25) is 11.8 Å². The molecule has 4 nitrogen and oxygen atoms in total. The molecule has 1 N–H and O–H groups in total. The first kappa shape index (κ1) is 22.6. The van der Waals surface area contributed by atoms with E-state index in [9.17, 15) is 14.0 Å². The summed E-state index contributed by atoms with van der Waals surface area (Å²) in [6.45, 7) is 6.96. The third-order valence-electron chi connectivity index (χ3n) is 4.92. The van der Waals surface area contributed by atoms with Crippen LogP contribution in [0.25, 0.3) is 0 Å². The van der Waals surface area contributed by atoms with Crippen LogP contribution in [0.2, 0.25) is 0 Å². The molecule has 0 aliphatic rings. The monoisotopic (exact) mass is 398 g/mol. The van der Waals surface area contributed by atoms with Gasteiger partial charge in [-0.2, -0.15) is 0 Å². The summed E-state index contributed by atoms with van der Waals surface area (Å²) in [6, 6.07) is 13.3. The van der Waals surface area contributed by atoms with Crippen molar-refractivity contribution in [1.29, 1.82) is 0 Å². The van der Waals surface area contributed by atoms with E-state index < -0.39 is 6.04 Å². The number of unbranched alkanes of at least 4 members (excludes halogenated alkanes) is 1. The summed E-state index contributed by atoms with van der Waals surface area (Å²) in [6.07, 6.45) is 2.56. The highest BCUT2D eigenvalue weighted by Gasteiger charge is 2.28. The Hall–Kier alpha value is -2.69. The molecule has 0 saturated carbocycles. The molecule has 2 aromatic carbocycles. The first-order chi connectivity index (χ1) is 13.9. The highest BCUT2D eigenvalue weighted by atomic mass is 19.1. The van der Waals surface area contributed by atoms with E-state index in [4.69, 9.17) is 0 Å². The lowest BCUT2D eigenvalue weighted by Crippen LogP contribution is -2.49. The molecule has 0 fully saturated rings. The molecule has 1 atom stereocenters. The maximum atomic E-state index is 13.2. The lowest BCUT2D eigenvalue weighted by atomic mass is 10.1. The van der Waals surface area contributed by atoms with Crippen LogP contribution in [0, 0.1) is 12.7 Å². The zero-order valence-corrected chi connectivity index (χ0v) is 17.6. The van der Waals surface area contributed by atoms with Crippen LogP contribution in [-0.2, 0) is 22.6 Å². The minimum atomic E-state index is -0.541. The summed E-state index contributed by atoms with van der Waals surface area (Å²) < 4.78 is 13.2. The van der Waals surface area contributed by atoms with Gasteiger partial charge in [-0.3, -0.25) is 9.59 Å². The summed E-state index contributed by atoms with van der Waals surface area (Å²) >= 11 is 0. The van der Waals surface area contributed by atoms with E-state index in [0.29, 0.717) is 19.5 Å². The number of halogens is 1. The Bertz CT molecular complexity index is 805. The minimum Gasteiger partial charge on any atom is -0.354 e. The first-order valence-electron chi connectivity index (χ1n) is 10.3. The molecule has 0 spiro atoms. The number of nitrogens with one attached hydrogen (secondary N) is 1. The van der Waals surface area contributed by atoms with Crippen molar-refractivity contribution in [3.63, 3.8) is 0 Å². The third kappa shape index (κ3) is 7.00. The Kier molecular flexibility index (Phi) is 8.84. The Morgan fingerprint density at radius 3 is 2.41 bits per heavy atom. The predicted molar refractivity (Wildman–Crippen MR) is 114 cm³/mol. The molecule has 0 bridgehead atoms. The van der Waals surface area contributed by atoms with Gasteiger partial charge in [0, 0.05) is 13.1 Å². The number of carbonyl (C=O) groups excluding carboxylic acids is 2. The van der Waals surface area contributed by atoms with E-state index in [-0.39, 0.29) is 24.1 Å². The van der Waals surface area contributed by atoms with E-state index in [1.807, 2.05) is 38.1 Å². The van der Waals surface area contributed by atoms with Crippen LogP contribution in [-0.4, -0.2) is 29.3 Å². The van der Waals surface area contributed by atoms with Crippen molar-refractivity contribution in [3.8, 4) is 0 Å². The number of benzene rings is 2. The summed E-state index contributed by atoms with van der Waals surface area (Å²) in [5, 5.41) is 2.96. The maximum Gasteiger partial charge on any atom is 0.242 e. The molecule has 29 heavy (non-hydrogen) atoms. The minimum absolute atomic E-state index is 0.124. The number of carbonyl (C=O) groups is 2. The quantitative estimate of drug-likeness (QED) is 0.603. The second kappa shape index (κ2) is 11.3. The number of nitrogens with zero attached hydrogens (tertiary/aromatic N) is 1. The van der Waals surface area contributed by atoms with Crippen LogP contribution in [0.15, 0.2) is 48.5 Å². The fourth-order valence-electron chi connectivity index (χ4n) is 3.31. The second-order valence-corrected chi connectivity index (χ2v) is 7.38. The molecular formula is C24H31FN2O2. The lowest BCUT2D eigenvalue weighted by molar-refractivity contribution is -0.140. The van der Waals surface area contributed by atoms with Crippen molar-refractivity contribution >= 4 is 11.8 Å². The highest BCUT2D eigenvalue weighted by Crippen LogP contribution is 2.16. The molecule has 0 aliphatic carbocycles. The molecule has 2 aromatic rings. The molecular weight excluding hydrogens is 367 g/mol. The summed E-state index contributed by atoms with van der Waals surface area (Å²) in [5.74, 6) is -0.601. The number of hydrogen-bond acceptors (Lipinski definition) is 2. The number of rotatable bonds is 10. The van der Waals surface area contributed by atoms with Crippen LogP contribution in [0.1, 0.15) is 49.8 Å². The fourth-order valence-corrected chi connectivity index (χ4v) is 3.31. The van der Waals surface area contributed by atoms with E-state index in [0.717, 1.165) is 29.5 Å². The third-order valence-corrected chi connectivity index (χ3v) is 4.92. The number of amides is 2. The Labute approximate surface area is 173 Å². The van der Waals surface area contributed by atoms with Crippen LogP contribution >= 0.6 is 0 Å². The van der Waals surface area contributed by atoms with Crippen molar-refractivity contribution in [3.05, 3.63) is 71.0 Å². The lowest BCUT2D eigenvalue weighted by Gasteiger charge is -2.31. The van der Waals surface area contributed by atoms with E-state index in [1.165, 1.54) is 12.1 Å². The number of hydrogen-bond donors (Lipinski definition) is 1. The van der Waals surface area contributed by atoms with Crippen LogP contribution in [0.4, 0.5) is 4.39 Å². The Balaban J connectivity index is 2.23. The number of aryl methyl sites for hydroxylation is 1. The van der Waals surface area contributed by atoms with Gasteiger partial charge in [-0.25, -0.2) is 4.39 Å². The summed E-state index contributed by atoms with van der Waals surface area (Å²) in [5.41, 5.74) is 2.82. The average molecular weight is 399 g/mol. The van der Waals surface area contributed by atoms with Gasteiger partial charge in [0.15, 0.2) is 0 Å². The normalized spacial score (nSPS) is 11.7. The topological polar surface area (TPSA) is 49.4 Å². The molecule has 2 amide bonds. The van der Waals surface area contributed by atoms with Crippen molar-refractivity contribution in [1.82, 2.24) is 10.2 Å². The molecule has 156 valence electrons. The van der Waals surface area contributed by atoms with Crippen LogP contribution in [0.5, 0.6) is 0 Å².